The molecule has 130 valence electrons. The van der Waals surface area contributed by atoms with Crippen molar-refractivity contribution in [2.75, 3.05) is 6.54 Å². The number of piperidine rings is 1. The van der Waals surface area contributed by atoms with Gasteiger partial charge in [-0.15, -0.1) is 0 Å². The van der Waals surface area contributed by atoms with Crippen molar-refractivity contribution in [3.63, 3.8) is 0 Å². The predicted molar refractivity (Wildman–Crippen MR) is 89.4 cm³/mol. The second-order valence-electron chi connectivity index (χ2n) is 6.42. The lowest BCUT2D eigenvalue weighted by atomic mass is 9.98. The topological polar surface area (TPSA) is 96.5 Å². The molecular formula is C17H19N5O3. The summed E-state index contributed by atoms with van der Waals surface area (Å²) in [6, 6.07) is 3.10. The van der Waals surface area contributed by atoms with E-state index >= 15 is 0 Å². The molecule has 0 unspecified atom stereocenters. The highest BCUT2D eigenvalue weighted by Gasteiger charge is 2.32. The maximum absolute atomic E-state index is 12.9. The van der Waals surface area contributed by atoms with E-state index in [2.05, 4.69) is 15.1 Å². The van der Waals surface area contributed by atoms with Gasteiger partial charge >= 0.3 is 0 Å². The van der Waals surface area contributed by atoms with Crippen molar-refractivity contribution in [3.05, 3.63) is 51.7 Å². The lowest BCUT2D eigenvalue weighted by molar-refractivity contribution is 0.0599. The minimum atomic E-state index is -0.231. The highest BCUT2D eigenvalue weighted by molar-refractivity contribution is 5.93. The van der Waals surface area contributed by atoms with Crippen LogP contribution in [0.15, 0.2) is 27.7 Å². The Balaban J connectivity index is 1.75. The SMILES string of the molecule is Cc1cc2nc([C@@H]3CCCCN3C(=O)c3ncoc3C)cc(=O)n2[nH]1. The zero-order valence-corrected chi connectivity index (χ0v) is 14.2. The molecule has 0 aliphatic carbocycles. The maximum Gasteiger partial charge on any atom is 0.276 e. The summed E-state index contributed by atoms with van der Waals surface area (Å²) >= 11 is 0. The van der Waals surface area contributed by atoms with E-state index in [4.69, 9.17) is 4.42 Å². The summed E-state index contributed by atoms with van der Waals surface area (Å²) in [5.41, 5.74) is 2.19. The Morgan fingerprint density at radius 3 is 2.92 bits per heavy atom. The number of amides is 1. The first-order valence-electron chi connectivity index (χ1n) is 8.35. The summed E-state index contributed by atoms with van der Waals surface area (Å²) in [5.74, 6) is 0.322. The van der Waals surface area contributed by atoms with Gasteiger partial charge in [0.2, 0.25) is 0 Å². The van der Waals surface area contributed by atoms with Crippen LogP contribution in [-0.2, 0) is 0 Å². The number of carbonyl (C=O) groups is 1. The lowest BCUT2D eigenvalue weighted by Gasteiger charge is -2.34. The van der Waals surface area contributed by atoms with Gasteiger partial charge in [-0.1, -0.05) is 0 Å². The third-order valence-electron chi connectivity index (χ3n) is 4.65. The molecule has 1 N–H and O–H groups in total. The number of carbonyl (C=O) groups excluding carboxylic acids is 1. The molecular weight excluding hydrogens is 322 g/mol. The number of nitrogens with one attached hydrogen (secondary N) is 1. The van der Waals surface area contributed by atoms with E-state index in [9.17, 15) is 9.59 Å². The van der Waals surface area contributed by atoms with E-state index in [1.54, 1.807) is 11.8 Å². The fourth-order valence-corrected chi connectivity index (χ4v) is 3.43. The molecule has 0 aromatic carbocycles. The average Bonchev–Trinajstić information content (AvgIpc) is 3.19. The Morgan fingerprint density at radius 1 is 1.32 bits per heavy atom. The number of aromatic amines is 1. The zero-order chi connectivity index (χ0) is 17.6. The summed E-state index contributed by atoms with van der Waals surface area (Å²) in [4.78, 5) is 35.7. The Morgan fingerprint density at radius 2 is 2.16 bits per heavy atom. The molecule has 1 amide bonds. The quantitative estimate of drug-likeness (QED) is 0.769. The van der Waals surface area contributed by atoms with E-state index in [0.717, 1.165) is 25.0 Å². The van der Waals surface area contributed by atoms with Crippen molar-refractivity contribution in [1.82, 2.24) is 24.5 Å². The standard InChI is InChI=1S/C17H19N5O3/c1-10-7-14-19-12(8-15(23)22(14)20-10)13-5-3-4-6-21(13)17(24)16-11(2)25-9-18-16/h7-9,13,20H,3-6H2,1-2H3/t13-/m0/s1. The molecule has 0 radical (unpaired) electrons. The number of nitrogens with zero attached hydrogens (tertiary/aromatic N) is 4. The molecule has 0 bridgehead atoms. The smallest absolute Gasteiger partial charge is 0.276 e. The van der Waals surface area contributed by atoms with E-state index in [0.29, 0.717) is 29.3 Å². The monoisotopic (exact) mass is 341 g/mol. The van der Waals surface area contributed by atoms with Crippen molar-refractivity contribution < 1.29 is 9.21 Å². The number of hydrogen-bond acceptors (Lipinski definition) is 5. The molecule has 0 spiro atoms. The number of hydrogen-bond donors (Lipinski definition) is 1. The van der Waals surface area contributed by atoms with Gasteiger partial charge in [-0.3, -0.25) is 14.7 Å². The minimum Gasteiger partial charge on any atom is -0.448 e. The first-order valence-corrected chi connectivity index (χ1v) is 8.35. The van der Waals surface area contributed by atoms with E-state index in [1.807, 2.05) is 13.0 Å². The van der Waals surface area contributed by atoms with Gasteiger partial charge in [-0.2, -0.15) is 0 Å². The van der Waals surface area contributed by atoms with Crippen LogP contribution in [-0.4, -0.2) is 36.9 Å². The third-order valence-corrected chi connectivity index (χ3v) is 4.65. The number of fused-ring (bicyclic) bond motifs is 1. The van der Waals surface area contributed by atoms with E-state index in [-0.39, 0.29) is 17.5 Å². The molecule has 8 nitrogen and oxygen atoms in total. The highest BCUT2D eigenvalue weighted by Crippen LogP contribution is 2.31. The Labute approximate surface area is 143 Å². The number of oxazole rings is 1. The van der Waals surface area contributed by atoms with Crippen molar-refractivity contribution in [2.45, 2.75) is 39.2 Å². The van der Waals surface area contributed by atoms with Crippen molar-refractivity contribution >= 4 is 11.6 Å². The first-order chi connectivity index (χ1) is 12.0. The number of aryl methyl sites for hydroxylation is 2. The van der Waals surface area contributed by atoms with Crippen LogP contribution >= 0.6 is 0 Å². The van der Waals surface area contributed by atoms with Gasteiger partial charge in [0.05, 0.1) is 11.7 Å². The second-order valence-corrected chi connectivity index (χ2v) is 6.42. The molecule has 3 aromatic rings. The van der Waals surface area contributed by atoms with Crippen LogP contribution in [0.25, 0.3) is 5.65 Å². The van der Waals surface area contributed by atoms with Crippen molar-refractivity contribution in [2.24, 2.45) is 0 Å². The summed E-state index contributed by atoms with van der Waals surface area (Å²) in [6.07, 6.45) is 3.96. The zero-order valence-electron chi connectivity index (χ0n) is 14.2. The summed E-state index contributed by atoms with van der Waals surface area (Å²) in [5, 5.41) is 2.96. The Kier molecular flexibility index (Phi) is 3.67. The molecule has 1 atom stereocenters. The molecule has 25 heavy (non-hydrogen) atoms. The molecule has 1 fully saturated rings. The van der Waals surface area contributed by atoms with Gasteiger partial charge in [-0.25, -0.2) is 14.5 Å². The third kappa shape index (κ3) is 2.63. The number of H-pyrrole nitrogens is 1. The van der Waals surface area contributed by atoms with Crippen LogP contribution in [0.3, 0.4) is 0 Å². The first kappa shape index (κ1) is 15.6. The maximum atomic E-state index is 12.9. The highest BCUT2D eigenvalue weighted by atomic mass is 16.3. The fourth-order valence-electron chi connectivity index (χ4n) is 3.43. The molecule has 4 rings (SSSR count). The number of rotatable bonds is 2. The van der Waals surface area contributed by atoms with Gasteiger partial charge in [0, 0.05) is 24.4 Å². The van der Waals surface area contributed by atoms with Crippen LogP contribution in [0, 0.1) is 13.8 Å². The largest absolute Gasteiger partial charge is 0.448 e. The number of likely N-dealkylation sites (tertiary alicyclic amines) is 1. The van der Waals surface area contributed by atoms with E-state index < -0.39 is 0 Å². The van der Waals surface area contributed by atoms with Crippen LogP contribution < -0.4 is 5.56 Å². The van der Waals surface area contributed by atoms with Gasteiger partial charge in [-0.05, 0) is 33.1 Å². The predicted octanol–water partition coefficient (Wildman–Crippen LogP) is 1.99. The normalized spacial score (nSPS) is 18.0. The molecule has 0 saturated carbocycles. The van der Waals surface area contributed by atoms with Crippen LogP contribution in [0.2, 0.25) is 0 Å². The molecule has 1 aliphatic heterocycles. The van der Waals surface area contributed by atoms with Crippen molar-refractivity contribution in [3.8, 4) is 0 Å². The van der Waals surface area contributed by atoms with Gasteiger partial charge in [0.15, 0.2) is 17.7 Å². The Hall–Kier alpha value is -2.90. The fraction of sp³-hybridized carbons (Fsp3) is 0.412. The molecule has 3 aromatic heterocycles. The van der Waals surface area contributed by atoms with E-state index in [1.165, 1.54) is 17.0 Å². The summed E-state index contributed by atoms with van der Waals surface area (Å²) in [7, 11) is 0. The average molecular weight is 341 g/mol. The van der Waals surface area contributed by atoms with Gasteiger partial charge in [0.1, 0.15) is 5.76 Å². The van der Waals surface area contributed by atoms with Gasteiger partial charge in [0.25, 0.3) is 11.5 Å². The molecule has 4 heterocycles. The number of aromatic nitrogens is 4. The van der Waals surface area contributed by atoms with Gasteiger partial charge < -0.3 is 9.32 Å². The summed E-state index contributed by atoms with van der Waals surface area (Å²) < 4.78 is 6.58. The summed E-state index contributed by atoms with van der Waals surface area (Å²) in [6.45, 7) is 4.21. The minimum absolute atomic E-state index is 0.177. The van der Waals surface area contributed by atoms with Crippen molar-refractivity contribution in [1.29, 1.82) is 0 Å². The molecule has 8 heteroatoms. The van der Waals surface area contributed by atoms with Crippen LogP contribution in [0.5, 0.6) is 0 Å². The molecule has 1 saturated heterocycles. The van der Waals surface area contributed by atoms with Crippen LogP contribution in [0.1, 0.15) is 52.9 Å². The Bertz CT molecular complexity index is 999. The molecule has 1 aliphatic rings. The van der Waals surface area contributed by atoms with Crippen LogP contribution in [0.4, 0.5) is 0 Å². The lowest BCUT2D eigenvalue weighted by Crippen LogP contribution is -2.39. The second kappa shape index (κ2) is 5.87.